The number of urea groups is 1. The molecule has 0 radical (unpaired) electrons. The molecule has 2 amide bonds. The number of likely N-dealkylation sites (tertiary alicyclic amines) is 1. The van der Waals surface area contributed by atoms with Gasteiger partial charge in [-0.3, -0.25) is 0 Å². The van der Waals surface area contributed by atoms with Crippen LogP contribution in [-0.2, 0) is 0 Å². The van der Waals surface area contributed by atoms with Crippen molar-refractivity contribution in [1.82, 2.24) is 15.1 Å². The highest BCUT2D eigenvalue weighted by atomic mass is 35.5. The summed E-state index contributed by atoms with van der Waals surface area (Å²) in [5, 5.41) is 3.68. The highest BCUT2D eigenvalue weighted by Crippen LogP contribution is 2.32. The van der Waals surface area contributed by atoms with E-state index in [0.717, 1.165) is 37.1 Å². The number of carbonyl (C=O) groups is 1. The fourth-order valence-electron chi connectivity index (χ4n) is 3.21. The van der Waals surface area contributed by atoms with Crippen molar-refractivity contribution in [3.8, 4) is 5.75 Å². The highest BCUT2D eigenvalue weighted by molar-refractivity contribution is 6.32. The number of methoxy groups -OCH3 is 1. The molecule has 5 nitrogen and oxygen atoms in total. The molecule has 1 unspecified atom stereocenters. The van der Waals surface area contributed by atoms with Crippen LogP contribution < -0.4 is 10.1 Å². The predicted octanol–water partition coefficient (Wildman–Crippen LogP) is 3.45. The molecule has 0 aliphatic carbocycles. The van der Waals surface area contributed by atoms with E-state index in [-0.39, 0.29) is 12.1 Å². The van der Waals surface area contributed by atoms with Crippen LogP contribution >= 0.6 is 11.6 Å². The molecule has 1 aliphatic heterocycles. The number of halogens is 1. The molecule has 1 N–H and O–H groups in total. The van der Waals surface area contributed by atoms with Crippen molar-refractivity contribution in [2.45, 2.75) is 38.8 Å². The number of carbonyl (C=O) groups excluding carboxylic acids is 1. The van der Waals surface area contributed by atoms with Gasteiger partial charge >= 0.3 is 6.03 Å². The average molecular weight is 354 g/mol. The maximum absolute atomic E-state index is 12.6. The lowest BCUT2D eigenvalue weighted by molar-refractivity contribution is 0.146. The van der Waals surface area contributed by atoms with Gasteiger partial charge in [0.15, 0.2) is 0 Å². The van der Waals surface area contributed by atoms with Crippen LogP contribution in [0.25, 0.3) is 0 Å². The Morgan fingerprint density at radius 2 is 2.04 bits per heavy atom. The zero-order chi connectivity index (χ0) is 17.9. The lowest BCUT2D eigenvalue weighted by atomic mass is 10.0. The van der Waals surface area contributed by atoms with Gasteiger partial charge in [0.2, 0.25) is 0 Å². The van der Waals surface area contributed by atoms with E-state index in [9.17, 15) is 4.79 Å². The van der Waals surface area contributed by atoms with Crippen molar-refractivity contribution in [2.24, 2.45) is 0 Å². The second-order valence-electron chi connectivity index (χ2n) is 6.61. The number of nitrogens with zero attached hydrogens (tertiary/aromatic N) is 2. The molecule has 24 heavy (non-hydrogen) atoms. The van der Waals surface area contributed by atoms with E-state index < -0.39 is 0 Å². The summed E-state index contributed by atoms with van der Waals surface area (Å²) >= 11 is 6.32. The van der Waals surface area contributed by atoms with Crippen molar-refractivity contribution in [1.29, 1.82) is 0 Å². The number of hydrogen-bond acceptors (Lipinski definition) is 3. The summed E-state index contributed by atoms with van der Waals surface area (Å²) < 4.78 is 5.24. The van der Waals surface area contributed by atoms with Crippen molar-refractivity contribution in [3.63, 3.8) is 0 Å². The van der Waals surface area contributed by atoms with Crippen LogP contribution in [0.4, 0.5) is 4.79 Å². The largest absolute Gasteiger partial charge is 0.495 e. The molecule has 6 heteroatoms. The summed E-state index contributed by atoms with van der Waals surface area (Å²) in [7, 11) is 5.60. The van der Waals surface area contributed by atoms with Gasteiger partial charge in [-0.05, 0) is 64.0 Å². The summed E-state index contributed by atoms with van der Waals surface area (Å²) in [6.45, 7) is 5.99. The minimum Gasteiger partial charge on any atom is -0.495 e. The van der Waals surface area contributed by atoms with E-state index in [2.05, 4.69) is 17.3 Å². The van der Waals surface area contributed by atoms with Crippen LogP contribution in [0.2, 0.25) is 5.02 Å². The van der Waals surface area contributed by atoms with Gasteiger partial charge in [0.25, 0.3) is 0 Å². The smallest absolute Gasteiger partial charge is 0.317 e. The van der Waals surface area contributed by atoms with Crippen LogP contribution in [0.3, 0.4) is 0 Å². The first-order valence-corrected chi connectivity index (χ1v) is 8.77. The number of hydrogen-bond donors (Lipinski definition) is 1. The first-order chi connectivity index (χ1) is 11.3. The molecule has 1 atom stereocenters. The summed E-state index contributed by atoms with van der Waals surface area (Å²) in [6.07, 6.45) is 2.03. The van der Waals surface area contributed by atoms with Crippen molar-refractivity contribution in [3.05, 3.63) is 28.3 Å². The molecule has 0 bridgehead atoms. The fourth-order valence-corrected chi connectivity index (χ4v) is 3.46. The molecule has 134 valence electrons. The molecule has 1 aromatic rings. The van der Waals surface area contributed by atoms with Crippen LogP contribution in [0, 0.1) is 6.92 Å². The Morgan fingerprint density at radius 1 is 1.42 bits per heavy atom. The molecular formula is C18H28ClN3O2. The Kier molecular flexibility index (Phi) is 6.35. The summed E-state index contributed by atoms with van der Waals surface area (Å²) in [5.74, 6) is 0.653. The maximum atomic E-state index is 12.6. The highest BCUT2D eigenvalue weighted by Gasteiger charge is 2.25. The number of rotatable bonds is 4. The Bertz CT molecular complexity index is 586. The molecule has 2 rings (SSSR count). The quantitative estimate of drug-likeness (QED) is 0.901. The second-order valence-corrected chi connectivity index (χ2v) is 6.99. The number of benzene rings is 1. The molecule has 1 aliphatic rings. The molecule has 1 saturated heterocycles. The molecule has 0 aromatic heterocycles. The topological polar surface area (TPSA) is 44.8 Å². The van der Waals surface area contributed by atoms with Crippen LogP contribution in [0.5, 0.6) is 5.75 Å². The third kappa shape index (κ3) is 4.14. The first-order valence-electron chi connectivity index (χ1n) is 8.40. The van der Waals surface area contributed by atoms with Gasteiger partial charge < -0.3 is 19.9 Å². The van der Waals surface area contributed by atoms with E-state index in [1.807, 2.05) is 37.9 Å². The van der Waals surface area contributed by atoms with Gasteiger partial charge in [-0.1, -0.05) is 17.7 Å². The number of piperidine rings is 1. The van der Waals surface area contributed by atoms with Gasteiger partial charge in [0.1, 0.15) is 5.75 Å². The summed E-state index contributed by atoms with van der Waals surface area (Å²) in [4.78, 5) is 16.7. The molecule has 1 aromatic carbocycles. The minimum atomic E-state index is -0.116. The summed E-state index contributed by atoms with van der Waals surface area (Å²) in [6, 6.07) is 3.95. The SMILES string of the molecule is COc1ccc(C(C)NC(=O)N(C)C2CCN(C)CC2)c(C)c1Cl. The first kappa shape index (κ1) is 18.9. The third-order valence-electron chi connectivity index (χ3n) is 4.98. The molecule has 1 fully saturated rings. The average Bonchev–Trinajstić information content (AvgIpc) is 2.57. The minimum absolute atomic E-state index is 0.0385. The van der Waals surface area contributed by atoms with E-state index >= 15 is 0 Å². The lowest BCUT2D eigenvalue weighted by Gasteiger charge is -2.35. The van der Waals surface area contributed by atoms with Crippen LogP contribution in [-0.4, -0.2) is 56.2 Å². The zero-order valence-corrected chi connectivity index (χ0v) is 16.0. The van der Waals surface area contributed by atoms with Crippen LogP contribution in [0.1, 0.15) is 36.9 Å². The second kappa shape index (κ2) is 8.08. The third-order valence-corrected chi connectivity index (χ3v) is 5.45. The number of ether oxygens (including phenoxy) is 1. The molecular weight excluding hydrogens is 326 g/mol. The van der Waals surface area contributed by atoms with E-state index in [0.29, 0.717) is 16.8 Å². The standard InChI is InChI=1S/C18H28ClN3O2/c1-12-15(6-7-16(24-5)17(12)19)13(2)20-18(23)22(4)14-8-10-21(3)11-9-14/h6-7,13-14H,8-11H2,1-5H3,(H,20,23). The molecule has 0 spiro atoms. The van der Waals surface area contributed by atoms with Gasteiger partial charge in [-0.15, -0.1) is 0 Å². The molecule has 0 saturated carbocycles. The maximum Gasteiger partial charge on any atom is 0.317 e. The van der Waals surface area contributed by atoms with Gasteiger partial charge in [0, 0.05) is 13.1 Å². The van der Waals surface area contributed by atoms with Gasteiger partial charge in [-0.25, -0.2) is 4.79 Å². The predicted molar refractivity (Wildman–Crippen MR) is 98.0 cm³/mol. The van der Waals surface area contributed by atoms with Crippen molar-refractivity contribution in [2.75, 3.05) is 34.3 Å². The Morgan fingerprint density at radius 3 is 2.62 bits per heavy atom. The Hall–Kier alpha value is -1.46. The lowest BCUT2D eigenvalue weighted by Crippen LogP contribution is -2.48. The van der Waals surface area contributed by atoms with Crippen LogP contribution in [0.15, 0.2) is 12.1 Å². The fraction of sp³-hybridized carbons (Fsp3) is 0.611. The van der Waals surface area contributed by atoms with Gasteiger partial charge in [0.05, 0.1) is 18.2 Å². The van der Waals surface area contributed by atoms with E-state index in [1.54, 1.807) is 7.11 Å². The normalized spacial score (nSPS) is 17.4. The number of amides is 2. The van der Waals surface area contributed by atoms with E-state index in [1.165, 1.54) is 0 Å². The monoisotopic (exact) mass is 353 g/mol. The van der Waals surface area contributed by atoms with Crippen molar-refractivity contribution >= 4 is 17.6 Å². The summed E-state index contributed by atoms with van der Waals surface area (Å²) in [5.41, 5.74) is 1.94. The van der Waals surface area contributed by atoms with Crippen molar-refractivity contribution < 1.29 is 9.53 Å². The zero-order valence-electron chi connectivity index (χ0n) is 15.2. The number of nitrogens with one attached hydrogen (secondary N) is 1. The Balaban J connectivity index is 2.02. The van der Waals surface area contributed by atoms with E-state index in [4.69, 9.17) is 16.3 Å². The van der Waals surface area contributed by atoms with Gasteiger partial charge in [-0.2, -0.15) is 0 Å². The Labute approximate surface area is 149 Å². The molecule has 1 heterocycles.